The average Bonchev–Trinajstić information content (AvgIpc) is 3.31. The predicted molar refractivity (Wildman–Crippen MR) is 99.7 cm³/mol. The Kier molecular flexibility index (Phi) is 4.20. The van der Waals surface area contributed by atoms with E-state index in [1.807, 2.05) is 29.6 Å². The molecule has 2 N–H and O–H groups in total. The van der Waals surface area contributed by atoms with E-state index in [0.717, 1.165) is 10.6 Å². The van der Waals surface area contributed by atoms with Gasteiger partial charge in [-0.05, 0) is 29.6 Å². The van der Waals surface area contributed by atoms with Crippen molar-refractivity contribution < 1.29 is 9.53 Å². The second kappa shape index (κ2) is 6.81. The molecule has 0 atom stereocenters. The molecule has 4 aromatic rings. The van der Waals surface area contributed by atoms with Crippen LogP contribution in [-0.4, -0.2) is 32.7 Å². The molecule has 0 aliphatic heterocycles. The van der Waals surface area contributed by atoms with E-state index in [1.165, 1.54) is 0 Å². The summed E-state index contributed by atoms with van der Waals surface area (Å²) in [5.74, 6) is 1.13. The van der Waals surface area contributed by atoms with Crippen LogP contribution in [0, 0.1) is 0 Å². The summed E-state index contributed by atoms with van der Waals surface area (Å²) in [5, 5.41) is 11.7. The molecule has 0 spiro atoms. The molecule has 0 aliphatic carbocycles. The van der Waals surface area contributed by atoms with Crippen LogP contribution in [0.25, 0.3) is 16.3 Å². The first kappa shape index (κ1) is 16.0. The van der Waals surface area contributed by atoms with Crippen LogP contribution in [0.5, 0.6) is 5.75 Å². The molecule has 3 aromatic heterocycles. The van der Waals surface area contributed by atoms with E-state index in [2.05, 4.69) is 25.7 Å². The Hall–Kier alpha value is -3.46. The van der Waals surface area contributed by atoms with Gasteiger partial charge >= 0.3 is 6.03 Å². The molecule has 4 rings (SSSR count). The summed E-state index contributed by atoms with van der Waals surface area (Å²) >= 11 is 1.59. The summed E-state index contributed by atoms with van der Waals surface area (Å²) in [6.07, 6.45) is 1.66. The summed E-state index contributed by atoms with van der Waals surface area (Å²) in [6.45, 7) is 0. The van der Waals surface area contributed by atoms with Gasteiger partial charge in [-0.2, -0.15) is 9.50 Å². The van der Waals surface area contributed by atoms with Gasteiger partial charge in [0.25, 0.3) is 11.7 Å². The minimum absolute atomic E-state index is 0.161. The Morgan fingerprint density at radius 2 is 2.04 bits per heavy atom. The van der Waals surface area contributed by atoms with Gasteiger partial charge in [0, 0.05) is 6.20 Å². The average molecular weight is 366 g/mol. The van der Waals surface area contributed by atoms with Crippen LogP contribution in [0.1, 0.15) is 0 Å². The highest BCUT2D eigenvalue weighted by atomic mass is 32.1. The number of anilines is 2. The Labute approximate surface area is 152 Å². The molecule has 0 unspecified atom stereocenters. The van der Waals surface area contributed by atoms with Crippen LogP contribution in [-0.2, 0) is 0 Å². The van der Waals surface area contributed by atoms with Gasteiger partial charge in [-0.1, -0.05) is 18.2 Å². The number of benzene rings is 1. The maximum Gasteiger partial charge on any atom is 0.326 e. The maximum atomic E-state index is 12.3. The summed E-state index contributed by atoms with van der Waals surface area (Å²) in [4.78, 5) is 21.7. The molecule has 130 valence electrons. The van der Waals surface area contributed by atoms with E-state index in [1.54, 1.807) is 47.4 Å². The molecule has 0 aliphatic rings. The maximum absolute atomic E-state index is 12.3. The number of ether oxygens (including phenoxy) is 1. The first-order valence-corrected chi connectivity index (χ1v) is 8.59. The van der Waals surface area contributed by atoms with Gasteiger partial charge in [0.1, 0.15) is 5.75 Å². The van der Waals surface area contributed by atoms with Crippen molar-refractivity contribution in [2.24, 2.45) is 0 Å². The van der Waals surface area contributed by atoms with Crippen molar-refractivity contribution in [1.82, 2.24) is 19.6 Å². The fraction of sp³-hybridized carbons (Fsp3) is 0.0588. The van der Waals surface area contributed by atoms with Crippen molar-refractivity contribution in [3.05, 3.63) is 54.0 Å². The zero-order valence-corrected chi connectivity index (χ0v) is 14.5. The first-order chi connectivity index (χ1) is 12.7. The number of hydrogen-bond acceptors (Lipinski definition) is 6. The van der Waals surface area contributed by atoms with E-state index >= 15 is 0 Å². The smallest absolute Gasteiger partial charge is 0.326 e. The van der Waals surface area contributed by atoms with E-state index in [0.29, 0.717) is 17.2 Å². The molecule has 0 fully saturated rings. The lowest BCUT2D eigenvalue weighted by atomic mass is 10.3. The van der Waals surface area contributed by atoms with Crippen LogP contribution in [0.4, 0.5) is 16.4 Å². The SMILES string of the molecule is COc1ccccc1NC(=O)Nc1nc2nccc(-c3cccs3)n2n1. The molecule has 0 radical (unpaired) electrons. The standard InChI is InChI=1S/C17H14N6O2S/c1-25-13-6-3-2-5-11(13)19-17(24)21-15-20-16-18-9-8-12(23(16)22-15)14-7-4-10-26-14/h2-10H,1H3,(H2,19,21,22,24). The Balaban J connectivity index is 1.58. The molecule has 3 heterocycles. The number of fused-ring (bicyclic) bond motifs is 1. The normalized spacial score (nSPS) is 10.7. The van der Waals surface area contributed by atoms with Crippen LogP contribution in [0.3, 0.4) is 0 Å². The topological polar surface area (TPSA) is 93.4 Å². The Bertz CT molecular complexity index is 1060. The molecule has 9 heteroatoms. The number of carbonyl (C=O) groups excluding carboxylic acids is 1. The number of amides is 2. The number of urea groups is 1. The Morgan fingerprint density at radius 3 is 2.85 bits per heavy atom. The number of aromatic nitrogens is 4. The third-order valence-electron chi connectivity index (χ3n) is 3.59. The van der Waals surface area contributed by atoms with Gasteiger partial charge in [0.05, 0.1) is 23.4 Å². The zero-order valence-electron chi connectivity index (χ0n) is 13.7. The van der Waals surface area contributed by atoms with Gasteiger partial charge in [-0.3, -0.25) is 5.32 Å². The number of nitrogens with zero attached hydrogens (tertiary/aromatic N) is 4. The number of carbonyl (C=O) groups is 1. The number of methoxy groups -OCH3 is 1. The zero-order chi connectivity index (χ0) is 17.9. The lowest BCUT2D eigenvalue weighted by Crippen LogP contribution is -2.20. The van der Waals surface area contributed by atoms with Crippen molar-refractivity contribution in [1.29, 1.82) is 0 Å². The molecule has 0 bridgehead atoms. The van der Waals surface area contributed by atoms with Crippen LogP contribution >= 0.6 is 11.3 Å². The molecular formula is C17H14N6O2S. The summed E-state index contributed by atoms with van der Waals surface area (Å²) in [6, 6.07) is 12.5. The molecule has 2 amide bonds. The van der Waals surface area contributed by atoms with Gasteiger partial charge in [-0.25, -0.2) is 9.78 Å². The quantitative estimate of drug-likeness (QED) is 0.576. The fourth-order valence-electron chi connectivity index (χ4n) is 2.46. The van der Waals surface area contributed by atoms with Crippen LogP contribution in [0.15, 0.2) is 54.0 Å². The molecule has 0 saturated carbocycles. The lowest BCUT2D eigenvalue weighted by molar-refractivity contribution is 0.262. The Morgan fingerprint density at radius 1 is 1.15 bits per heavy atom. The van der Waals surface area contributed by atoms with Crippen molar-refractivity contribution in [2.45, 2.75) is 0 Å². The van der Waals surface area contributed by atoms with Gasteiger partial charge in [0.2, 0.25) is 0 Å². The number of rotatable bonds is 4. The minimum atomic E-state index is -0.469. The van der Waals surface area contributed by atoms with Crippen LogP contribution in [0.2, 0.25) is 0 Å². The molecule has 8 nitrogen and oxygen atoms in total. The third-order valence-corrected chi connectivity index (χ3v) is 4.49. The molecule has 0 saturated heterocycles. The molecule has 1 aromatic carbocycles. The van der Waals surface area contributed by atoms with E-state index in [-0.39, 0.29) is 5.95 Å². The second-order valence-electron chi connectivity index (χ2n) is 5.23. The minimum Gasteiger partial charge on any atom is -0.495 e. The number of hydrogen-bond donors (Lipinski definition) is 2. The summed E-state index contributed by atoms with van der Waals surface area (Å²) in [5.41, 5.74) is 1.41. The number of thiophene rings is 1. The largest absolute Gasteiger partial charge is 0.495 e. The van der Waals surface area contributed by atoms with Gasteiger partial charge < -0.3 is 10.1 Å². The van der Waals surface area contributed by atoms with Gasteiger partial charge in [0.15, 0.2) is 0 Å². The lowest BCUT2D eigenvalue weighted by Gasteiger charge is -2.09. The highest BCUT2D eigenvalue weighted by Gasteiger charge is 2.13. The third kappa shape index (κ3) is 3.07. The highest BCUT2D eigenvalue weighted by molar-refractivity contribution is 7.13. The highest BCUT2D eigenvalue weighted by Crippen LogP contribution is 2.25. The van der Waals surface area contributed by atoms with E-state index in [9.17, 15) is 4.79 Å². The second-order valence-corrected chi connectivity index (χ2v) is 6.18. The van der Waals surface area contributed by atoms with E-state index < -0.39 is 6.03 Å². The monoisotopic (exact) mass is 366 g/mol. The summed E-state index contributed by atoms with van der Waals surface area (Å²) < 4.78 is 6.82. The predicted octanol–water partition coefficient (Wildman–Crippen LogP) is 3.51. The first-order valence-electron chi connectivity index (χ1n) is 7.71. The van der Waals surface area contributed by atoms with E-state index in [4.69, 9.17) is 4.74 Å². The van der Waals surface area contributed by atoms with Crippen molar-refractivity contribution >= 4 is 34.8 Å². The van der Waals surface area contributed by atoms with Crippen molar-refractivity contribution in [3.63, 3.8) is 0 Å². The van der Waals surface area contributed by atoms with Crippen LogP contribution < -0.4 is 15.4 Å². The van der Waals surface area contributed by atoms with Crippen molar-refractivity contribution in [2.75, 3.05) is 17.7 Å². The number of nitrogens with one attached hydrogen (secondary N) is 2. The van der Waals surface area contributed by atoms with Crippen molar-refractivity contribution in [3.8, 4) is 16.3 Å². The molecule has 26 heavy (non-hydrogen) atoms. The summed E-state index contributed by atoms with van der Waals surface area (Å²) in [7, 11) is 1.54. The molecular weight excluding hydrogens is 352 g/mol. The van der Waals surface area contributed by atoms with Gasteiger partial charge in [-0.15, -0.1) is 16.4 Å². The number of para-hydroxylation sites is 2. The fourth-order valence-corrected chi connectivity index (χ4v) is 3.20.